The Morgan fingerprint density at radius 2 is 1.66 bits per heavy atom. The highest BCUT2D eigenvalue weighted by molar-refractivity contribution is 5.96. The molecular weight excluding hydrogens is 460 g/mol. The number of carbonyl (C=O) groups excluding carboxylic acids is 4. The third-order valence-electron chi connectivity index (χ3n) is 5.29. The third-order valence-corrected chi connectivity index (χ3v) is 5.29. The second-order valence-corrected chi connectivity index (χ2v) is 8.20. The van der Waals surface area contributed by atoms with Gasteiger partial charge < -0.3 is 42.6 Å². The SMILES string of the molecule is CC(NC(=O)C(N)Cc1c[nH]c2ccccc12)C(=O)NC(CC(N)=O)C(=O)NC(C(=O)O)C(C)O. The van der Waals surface area contributed by atoms with Gasteiger partial charge in [0.2, 0.25) is 23.6 Å². The summed E-state index contributed by atoms with van der Waals surface area (Å²) in [6, 6.07) is 2.18. The lowest BCUT2D eigenvalue weighted by Crippen LogP contribution is -2.58. The maximum atomic E-state index is 12.6. The van der Waals surface area contributed by atoms with Crippen molar-refractivity contribution in [1.82, 2.24) is 20.9 Å². The quantitative estimate of drug-likeness (QED) is 0.163. The van der Waals surface area contributed by atoms with Crippen LogP contribution in [0.3, 0.4) is 0 Å². The van der Waals surface area contributed by atoms with Gasteiger partial charge >= 0.3 is 5.97 Å². The maximum absolute atomic E-state index is 12.6. The number of rotatable bonds is 12. The summed E-state index contributed by atoms with van der Waals surface area (Å²) in [5, 5.41) is 26.3. The molecule has 0 spiro atoms. The number of H-pyrrole nitrogens is 1. The molecule has 5 unspecified atom stereocenters. The van der Waals surface area contributed by atoms with Crippen LogP contribution in [-0.4, -0.2) is 75.1 Å². The average molecular weight is 491 g/mol. The summed E-state index contributed by atoms with van der Waals surface area (Å²) in [7, 11) is 0. The molecule has 0 aliphatic rings. The Bertz CT molecular complexity index is 1100. The lowest BCUT2D eigenvalue weighted by atomic mass is 10.0. The van der Waals surface area contributed by atoms with E-state index in [1.54, 1.807) is 6.20 Å². The van der Waals surface area contributed by atoms with Crippen molar-refractivity contribution in [3.63, 3.8) is 0 Å². The lowest BCUT2D eigenvalue weighted by Gasteiger charge is -2.24. The minimum absolute atomic E-state index is 0.201. The number of nitrogens with two attached hydrogens (primary N) is 2. The zero-order valence-electron chi connectivity index (χ0n) is 19.3. The van der Waals surface area contributed by atoms with Crippen molar-refractivity contribution in [1.29, 1.82) is 0 Å². The normalized spacial score (nSPS) is 15.3. The smallest absolute Gasteiger partial charge is 0.328 e. The first-order valence-electron chi connectivity index (χ1n) is 10.8. The number of aliphatic hydroxyl groups is 1. The summed E-state index contributed by atoms with van der Waals surface area (Å²) >= 11 is 0. The summed E-state index contributed by atoms with van der Waals surface area (Å²) in [6.45, 7) is 2.50. The molecule has 0 fully saturated rings. The van der Waals surface area contributed by atoms with Gasteiger partial charge in [0.1, 0.15) is 12.1 Å². The number of hydrogen-bond acceptors (Lipinski definition) is 7. The molecule has 2 rings (SSSR count). The third kappa shape index (κ3) is 7.52. The molecule has 1 aromatic carbocycles. The van der Waals surface area contributed by atoms with Crippen molar-refractivity contribution in [3.05, 3.63) is 36.0 Å². The van der Waals surface area contributed by atoms with Gasteiger partial charge in [0.25, 0.3) is 0 Å². The number of amides is 4. The molecule has 13 heteroatoms. The van der Waals surface area contributed by atoms with Crippen LogP contribution < -0.4 is 27.4 Å². The van der Waals surface area contributed by atoms with Crippen LogP contribution in [0.5, 0.6) is 0 Å². The molecule has 5 atom stereocenters. The van der Waals surface area contributed by atoms with E-state index in [1.807, 2.05) is 29.6 Å². The predicted molar refractivity (Wildman–Crippen MR) is 125 cm³/mol. The van der Waals surface area contributed by atoms with Crippen LogP contribution in [0.4, 0.5) is 0 Å². The Kier molecular flexibility index (Phi) is 9.31. The fourth-order valence-corrected chi connectivity index (χ4v) is 3.37. The summed E-state index contributed by atoms with van der Waals surface area (Å²) in [5.74, 6) is -4.94. The minimum Gasteiger partial charge on any atom is -0.480 e. The number of nitrogens with one attached hydrogen (secondary N) is 4. The summed E-state index contributed by atoms with van der Waals surface area (Å²) in [5.41, 5.74) is 12.9. The Hall–Kier alpha value is -3.97. The highest BCUT2D eigenvalue weighted by Crippen LogP contribution is 2.18. The fraction of sp³-hybridized carbons (Fsp3) is 0.409. The summed E-state index contributed by atoms with van der Waals surface area (Å²) < 4.78 is 0. The van der Waals surface area contributed by atoms with Gasteiger partial charge in [-0.3, -0.25) is 19.2 Å². The maximum Gasteiger partial charge on any atom is 0.328 e. The van der Waals surface area contributed by atoms with Crippen molar-refractivity contribution in [2.75, 3.05) is 0 Å². The van der Waals surface area contributed by atoms with Crippen LogP contribution in [0.1, 0.15) is 25.8 Å². The highest BCUT2D eigenvalue weighted by atomic mass is 16.4. The second kappa shape index (κ2) is 11.9. The van der Waals surface area contributed by atoms with E-state index in [0.717, 1.165) is 23.4 Å². The number of carboxylic acid groups (broad SMARTS) is 1. The average Bonchev–Trinajstić information content (AvgIpc) is 3.18. The molecule has 0 saturated heterocycles. The Morgan fingerprint density at radius 1 is 1.00 bits per heavy atom. The highest BCUT2D eigenvalue weighted by Gasteiger charge is 2.31. The van der Waals surface area contributed by atoms with E-state index in [1.165, 1.54) is 6.92 Å². The van der Waals surface area contributed by atoms with Gasteiger partial charge in [-0.15, -0.1) is 0 Å². The number of para-hydroxylation sites is 1. The Labute approximate surface area is 200 Å². The van der Waals surface area contributed by atoms with E-state index in [4.69, 9.17) is 16.6 Å². The van der Waals surface area contributed by atoms with Crippen molar-refractivity contribution in [2.45, 2.75) is 57.0 Å². The minimum atomic E-state index is -1.67. The Morgan fingerprint density at radius 3 is 2.26 bits per heavy atom. The van der Waals surface area contributed by atoms with E-state index in [0.29, 0.717) is 0 Å². The van der Waals surface area contributed by atoms with Crippen LogP contribution in [0, 0.1) is 0 Å². The van der Waals surface area contributed by atoms with Crippen molar-refractivity contribution in [3.8, 4) is 0 Å². The number of primary amides is 1. The van der Waals surface area contributed by atoms with Crippen LogP contribution in [0.15, 0.2) is 30.5 Å². The van der Waals surface area contributed by atoms with E-state index in [-0.39, 0.29) is 6.42 Å². The fourth-order valence-electron chi connectivity index (χ4n) is 3.37. The Balaban J connectivity index is 2.00. The van der Waals surface area contributed by atoms with Crippen LogP contribution in [0.2, 0.25) is 0 Å². The molecule has 1 aromatic heterocycles. The monoisotopic (exact) mass is 490 g/mol. The first-order chi connectivity index (χ1) is 16.4. The van der Waals surface area contributed by atoms with Gasteiger partial charge in [0, 0.05) is 17.1 Å². The molecule has 35 heavy (non-hydrogen) atoms. The van der Waals surface area contributed by atoms with E-state index in [9.17, 15) is 29.1 Å². The standard InChI is InChI=1S/C22H30N6O7/c1-10(26-20(32)14(23)7-12-9-25-15-6-4-3-5-13(12)15)19(31)27-16(8-17(24)30)21(33)28-18(11(2)29)22(34)35/h3-6,9-11,14,16,18,25,29H,7-8,23H2,1-2H3,(H2,24,30)(H,26,32)(H,27,31)(H,28,33)(H,34,35). The van der Waals surface area contributed by atoms with Crippen LogP contribution in [-0.2, 0) is 30.4 Å². The summed E-state index contributed by atoms with van der Waals surface area (Å²) in [4.78, 5) is 63.2. The second-order valence-electron chi connectivity index (χ2n) is 8.20. The van der Waals surface area contributed by atoms with Gasteiger partial charge in [0.15, 0.2) is 6.04 Å². The molecule has 10 N–H and O–H groups in total. The van der Waals surface area contributed by atoms with Crippen LogP contribution >= 0.6 is 0 Å². The van der Waals surface area contributed by atoms with Crippen molar-refractivity contribution < 1.29 is 34.2 Å². The molecule has 4 amide bonds. The number of fused-ring (bicyclic) bond motifs is 1. The first-order valence-corrected chi connectivity index (χ1v) is 10.8. The zero-order chi connectivity index (χ0) is 26.3. The van der Waals surface area contributed by atoms with Gasteiger partial charge in [-0.25, -0.2) is 4.79 Å². The number of aliphatic hydroxyl groups excluding tert-OH is 1. The number of aromatic nitrogens is 1. The van der Waals surface area contributed by atoms with Gasteiger partial charge in [-0.05, 0) is 31.9 Å². The van der Waals surface area contributed by atoms with Crippen molar-refractivity contribution in [2.24, 2.45) is 11.5 Å². The number of carboxylic acids is 1. The first kappa shape index (κ1) is 27.3. The van der Waals surface area contributed by atoms with Gasteiger partial charge in [-0.1, -0.05) is 18.2 Å². The largest absolute Gasteiger partial charge is 0.480 e. The zero-order valence-corrected chi connectivity index (χ0v) is 19.3. The predicted octanol–water partition coefficient (Wildman–Crippen LogP) is -2.15. The molecule has 0 aliphatic carbocycles. The number of aliphatic carboxylic acids is 1. The van der Waals surface area contributed by atoms with E-state index in [2.05, 4.69) is 15.6 Å². The molecule has 0 radical (unpaired) electrons. The number of aromatic amines is 1. The topological polar surface area (TPSA) is 230 Å². The molecular formula is C22H30N6O7. The van der Waals surface area contributed by atoms with Crippen LogP contribution in [0.25, 0.3) is 10.9 Å². The molecule has 1 heterocycles. The van der Waals surface area contributed by atoms with Gasteiger partial charge in [-0.2, -0.15) is 0 Å². The molecule has 0 saturated carbocycles. The molecule has 0 aliphatic heterocycles. The molecule has 190 valence electrons. The number of benzene rings is 1. The number of hydrogen-bond donors (Lipinski definition) is 8. The molecule has 13 nitrogen and oxygen atoms in total. The molecule has 0 bridgehead atoms. The van der Waals surface area contributed by atoms with E-state index >= 15 is 0 Å². The molecule has 2 aromatic rings. The van der Waals surface area contributed by atoms with E-state index < -0.39 is 66.3 Å². The van der Waals surface area contributed by atoms with Crippen molar-refractivity contribution >= 4 is 40.5 Å². The lowest BCUT2D eigenvalue weighted by molar-refractivity contribution is -0.145. The number of carbonyl (C=O) groups is 5. The van der Waals surface area contributed by atoms with Gasteiger partial charge in [0.05, 0.1) is 18.6 Å². The summed E-state index contributed by atoms with van der Waals surface area (Å²) in [6.07, 6.45) is -0.131.